The third-order valence-electron chi connectivity index (χ3n) is 3.10. The number of hydrogen-bond donors (Lipinski definition) is 2. The van der Waals surface area contributed by atoms with Crippen molar-refractivity contribution >= 4 is 22.4 Å². The average Bonchev–Trinajstić information content (AvgIpc) is 2.88. The second-order valence-electron chi connectivity index (χ2n) is 4.49. The second-order valence-corrected chi connectivity index (χ2v) is 5.35. The maximum Gasteiger partial charge on any atom is 0.231 e. The van der Waals surface area contributed by atoms with Gasteiger partial charge in [-0.25, -0.2) is 4.98 Å². The number of hydrogen-bond acceptors (Lipinski definition) is 4. The van der Waals surface area contributed by atoms with E-state index in [1.54, 1.807) is 0 Å². The first-order valence-corrected chi connectivity index (χ1v) is 7.02. The molecular formula is C12H18N2O2S. The zero-order valence-corrected chi connectivity index (χ0v) is 10.8. The monoisotopic (exact) mass is 254 g/mol. The normalized spacial score (nSPS) is 23.9. The maximum atomic E-state index is 11.9. The van der Waals surface area contributed by atoms with Gasteiger partial charge in [0.05, 0.1) is 17.7 Å². The number of carbonyl (C=O) groups is 1. The molecule has 1 aliphatic rings. The number of nitrogens with zero attached hydrogens (tertiary/aromatic N) is 1. The van der Waals surface area contributed by atoms with Crippen LogP contribution in [0.1, 0.15) is 38.3 Å². The Hall–Kier alpha value is -0.940. The lowest BCUT2D eigenvalue weighted by atomic mass is 10.1. The van der Waals surface area contributed by atoms with E-state index in [1.165, 1.54) is 11.3 Å². The molecule has 94 valence electrons. The topological polar surface area (TPSA) is 62.2 Å². The lowest BCUT2D eigenvalue weighted by Gasteiger charge is -2.12. The molecule has 2 atom stereocenters. The highest BCUT2D eigenvalue weighted by Crippen LogP contribution is 2.27. The molecule has 17 heavy (non-hydrogen) atoms. The molecule has 0 saturated heterocycles. The summed E-state index contributed by atoms with van der Waals surface area (Å²) in [5, 5.41) is 15.1. The average molecular weight is 254 g/mol. The summed E-state index contributed by atoms with van der Waals surface area (Å²) >= 11 is 1.45. The Balaban J connectivity index is 1.93. The van der Waals surface area contributed by atoms with Gasteiger partial charge < -0.3 is 10.4 Å². The van der Waals surface area contributed by atoms with Crippen molar-refractivity contribution in [3.8, 4) is 0 Å². The Morgan fingerprint density at radius 1 is 1.65 bits per heavy atom. The first kappa shape index (κ1) is 12.5. The SMILES string of the molecule is CCCc1csc(NC(=O)C2CCCC2O)n1. The molecule has 0 bridgehead atoms. The van der Waals surface area contributed by atoms with Crippen molar-refractivity contribution in [1.82, 2.24) is 4.98 Å². The number of rotatable bonds is 4. The van der Waals surface area contributed by atoms with E-state index in [0.717, 1.165) is 37.8 Å². The van der Waals surface area contributed by atoms with E-state index in [-0.39, 0.29) is 11.8 Å². The third kappa shape index (κ3) is 3.04. The summed E-state index contributed by atoms with van der Waals surface area (Å²) in [6.07, 6.45) is 3.96. The van der Waals surface area contributed by atoms with Gasteiger partial charge in [0.1, 0.15) is 0 Å². The summed E-state index contributed by atoms with van der Waals surface area (Å²) in [7, 11) is 0. The smallest absolute Gasteiger partial charge is 0.231 e. The molecule has 0 aromatic carbocycles. The molecule has 2 N–H and O–H groups in total. The minimum atomic E-state index is -0.481. The van der Waals surface area contributed by atoms with E-state index >= 15 is 0 Å². The lowest BCUT2D eigenvalue weighted by Crippen LogP contribution is -2.28. The van der Waals surface area contributed by atoms with Gasteiger partial charge in [-0.15, -0.1) is 11.3 Å². The van der Waals surface area contributed by atoms with Gasteiger partial charge in [-0.05, 0) is 25.7 Å². The fourth-order valence-electron chi connectivity index (χ4n) is 2.18. The number of amides is 1. The number of aryl methyl sites for hydroxylation is 1. The highest BCUT2D eigenvalue weighted by Gasteiger charge is 2.31. The fourth-order valence-corrected chi connectivity index (χ4v) is 2.93. The molecule has 4 nitrogen and oxygen atoms in total. The molecule has 0 aliphatic heterocycles. The van der Waals surface area contributed by atoms with Crippen molar-refractivity contribution in [3.63, 3.8) is 0 Å². The van der Waals surface area contributed by atoms with E-state index in [0.29, 0.717) is 5.13 Å². The van der Waals surface area contributed by atoms with Crippen LogP contribution in [-0.2, 0) is 11.2 Å². The second kappa shape index (κ2) is 5.60. The minimum Gasteiger partial charge on any atom is -0.392 e. The molecule has 1 heterocycles. The Morgan fingerprint density at radius 2 is 2.47 bits per heavy atom. The molecular weight excluding hydrogens is 236 g/mol. The quantitative estimate of drug-likeness (QED) is 0.865. The van der Waals surface area contributed by atoms with Gasteiger partial charge in [0, 0.05) is 5.38 Å². The van der Waals surface area contributed by atoms with Crippen LogP contribution in [0.3, 0.4) is 0 Å². The molecule has 0 radical (unpaired) electrons. The highest BCUT2D eigenvalue weighted by molar-refractivity contribution is 7.13. The highest BCUT2D eigenvalue weighted by atomic mass is 32.1. The Labute approximate surface area is 105 Å². The third-order valence-corrected chi connectivity index (χ3v) is 3.91. The largest absolute Gasteiger partial charge is 0.392 e. The summed E-state index contributed by atoms with van der Waals surface area (Å²) in [4.78, 5) is 16.2. The lowest BCUT2D eigenvalue weighted by molar-refractivity contribution is -0.122. The minimum absolute atomic E-state index is 0.0904. The van der Waals surface area contributed by atoms with Crippen molar-refractivity contribution in [1.29, 1.82) is 0 Å². The summed E-state index contributed by atoms with van der Waals surface area (Å²) in [5.41, 5.74) is 1.03. The van der Waals surface area contributed by atoms with Crippen LogP contribution in [0.4, 0.5) is 5.13 Å². The standard InChI is InChI=1S/C12H18N2O2S/c1-2-4-8-7-17-12(13-8)14-11(16)9-5-3-6-10(9)15/h7,9-10,15H,2-6H2,1H3,(H,13,14,16). The van der Waals surface area contributed by atoms with Crippen LogP contribution in [0, 0.1) is 5.92 Å². The molecule has 2 unspecified atom stereocenters. The van der Waals surface area contributed by atoms with Crippen molar-refractivity contribution in [2.45, 2.75) is 45.1 Å². The van der Waals surface area contributed by atoms with Gasteiger partial charge in [0.2, 0.25) is 5.91 Å². The molecule has 1 aromatic heterocycles. The van der Waals surface area contributed by atoms with Gasteiger partial charge in [0.25, 0.3) is 0 Å². The Bertz CT molecular complexity index is 392. The number of anilines is 1. The number of thiazole rings is 1. The molecule has 0 spiro atoms. The maximum absolute atomic E-state index is 11.9. The van der Waals surface area contributed by atoms with Crippen molar-refractivity contribution < 1.29 is 9.90 Å². The van der Waals surface area contributed by atoms with E-state index in [4.69, 9.17) is 0 Å². The van der Waals surface area contributed by atoms with E-state index < -0.39 is 6.10 Å². The molecule has 1 aliphatic carbocycles. The van der Waals surface area contributed by atoms with Gasteiger partial charge in [-0.3, -0.25) is 4.79 Å². The fraction of sp³-hybridized carbons (Fsp3) is 0.667. The van der Waals surface area contributed by atoms with Crippen LogP contribution in [0.15, 0.2) is 5.38 Å². The van der Waals surface area contributed by atoms with Gasteiger partial charge >= 0.3 is 0 Å². The number of aromatic nitrogens is 1. The number of aliphatic hydroxyl groups excluding tert-OH is 1. The number of nitrogens with one attached hydrogen (secondary N) is 1. The first-order chi connectivity index (χ1) is 8.20. The summed E-state index contributed by atoms with van der Waals surface area (Å²) in [5.74, 6) is -0.346. The van der Waals surface area contributed by atoms with Gasteiger partial charge in [-0.1, -0.05) is 13.3 Å². The van der Waals surface area contributed by atoms with Crippen molar-refractivity contribution in [2.24, 2.45) is 5.92 Å². The van der Waals surface area contributed by atoms with E-state index in [2.05, 4.69) is 17.2 Å². The van der Waals surface area contributed by atoms with Crippen LogP contribution in [-0.4, -0.2) is 22.1 Å². The molecule has 1 saturated carbocycles. The van der Waals surface area contributed by atoms with Crippen LogP contribution in [0.25, 0.3) is 0 Å². The first-order valence-electron chi connectivity index (χ1n) is 6.14. The van der Waals surface area contributed by atoms with Crippen molar-refractivity contribution in [3.05, 3.63) is 11.1 Å². The molecule has 1 fully saturated rings. The predicted molar refractivity (Wildman–Crippen MR) is 68.1 cm³/mol. The predicted octanol–water partition coefficient (Wildman–Crippen LogP) is 2.20. The van der Waals surface area contributed by atoms with Crippen LogP contribution in [0.2, 0.25) is 0 Å². The zero-order valence-electron chi connectivity index (χ0n) is 9.98. The summed E-state index contributed by atoms with van der Waals surface area (Å²) in [6.45, 7) is 2.10. The van der Waals surface area contributed by atoms with Gasteiger partial charge in [-0.2, -0.15) is 0 Å². The summed E-state index contributed by atoms with van der Waals surface area (Å²) < 4.78 is 0. The van der Waals surface area contributed by atoms with Crippen LogP contribution in [0.5, 0.6) is 0 Å². The zero-order chi connectivity index (χ0) is 12.3. The Kier molecular flexibility index (Phi) is 4.12. The van der Waals surface area contributed by atoms with Crippen molar-refractivity contribution in [2.75, 3.05) is 5.32 Å². The Morgan fingerprint density at radius 3 is 3.12 bits per heavy atom. The van der Waals surface area contributed by atoms with E-state index in [1.807, 2.05) is 5.38 Å². The molecule has 5 heteroatoms. The van der Waals surface area contributed by atoms with Crippen LogP contribution < -0.4 is 5.32 Å². The van der Waals surface area contributed by atoms with E-state index in [9.17, 15) is 9.90 Å². The van der Waals surface area contributed by atoms with Crippen LogP contribution >= 0.6 is 11.3 Å². The number of aliphatic hydroxyl groups is 1. The molecule has 2 rings (SSSR count). The summed E-state index contributed by atoms with van der Waals surface area (Å²) in [6, 6.07) is 0. The molecule has 1 amide bonds. The number of carbonyl (C=O) groups excluding carboxylic acids is 1. The molecule has 1 aromatic rings. The van der Waals surface area contributed by atoms with Gasteiger partial charge in [0.15, 0.2) is 5.13 Å².